The van der Waals surface area contributed by atoms with Crippen LogP contribution < -0.4 is 0 Å². The van der Waals surface area contributed by atoms with E-state index in [0.717, 1.165) is 11.1 Å². The van der Waals surface area contributed by atoms with E-state index in [1.54, 1.807) is 24.5 Å². The molecule has 0 amide bonds. The zero-order valence-corrected chi connectivity index (χ0v) is 14.3. The van der Waals surface area contributed by atoms with Crippen LogP contribution in [-0.2, 0) is 20.9 Å². The Morgan fingerprint density at radius 3 is 2.58 bits per heavy atom. The van der Waals surface area contributed by atoms with Gasteiger partial charge in [0, 0.05) is 23.5 Å². The van der Waals surface area contributed by atoms with Crippen LogP contribution >= 0.6 is 0 Å². The molecule has 0 saturated carbocycles. The summed E-state index contributed by atoms with van der Waals surface area (Å²) in [4.78, 5) is 31.1. The number of hydrogen-bond acceptors (Lipinski definition) is 6. The number of pyridine rings is 2. The van der Waals surface area contributed by atoms with Gasteiger partial charge in [0.15, 0.2) is 6.29 Å². The first-order valence-corrected chi connectivity index (χ1v) is 7.69. The third-order valence-electron chi connectivity index (χ3n) is 3.45. The topological polar surface area (TPSA) is 78.4 Å². The van der Waals surface area contributed by atoms with Crippen molar-refractivity contribution in [3.05, 3.63) is 84.7 Å². The lowest BCUT2D eigenvalue weighted by Gasteiger charge is -2.13. The number of aldehydes is 1. The number of carbonyl (C=O) groups is 2. The monoisotopic (exact) mass is 350 g/mol. The van der Waals surface area contributed by atoms with Crippen molar-refractivity contribution in [3.63, 3.8) is 0 Å². The second-order valence-electron chi connectivity index (χ2n) is 5.12. The van der Waals surface area contributed by atoms with Gasteiger partial charge in [-0.05, 0) is 35.9 Å². The van der Waals surface area contributed by atoms with Crippen LogP contribution in [0, 0.1) is 0 Å². The van der Waals surface area contributed by atoms with Crippen molar-refractivity contribution >= 4 is 12.3 Å². The Kier molecular flexibility index (Phi) is 6.56. The summed E-state index contributed by atoms with van der Waals surface area (Å²) in [5, 5.41) is 0. The molecule has 2 aromatic heterocycles. The van der Waals surface area contributed by atoms with Crippen molar-refractivity contribution in [1.82, 2.24) is 9.97 Å². The molecule has 0 fully saturated rings. The molecule has 0 radical (unpaired) electrons. The van der Waals surface area contributed by atoms with Crippen molar-refractivity contribution in [1.29, 1.82) is 0 Å². The van der Waals surface area contributed by atoms with Crippen LogP contribution in [-0.4, -0.2) is 29.3 Å². The van der Waals surface area contributed by atoms with E-state index in [0.29, 0.717) is 12.0 Å². The zero-order valence-electron chi connectivity index (χ0n) is 14.3. The summed E-state index contributed by atoms with van der Waals surface area (Å²) < 4.78 is 10.4. The molecule has 0 aliphatic carbocycles. The highest BCUT2D eigenvalue weighted by atomic mass is 16.5. The number of ether oxygens (including phenoxy) is 2. The smallest absolute Gasteiger partial charge is 0.356 e. The Labute approximate surface area is 151 Å². The van der Waals surface area contributed by atoms with Crippen LogP contribution in [0.25, 0.3) is 11.1 Å². The first-order chi connectivity index (χ1) is 12.6. The summed E-state index contributed by atoms with van der Waals surface area (Å²) in [6.45, 7) is 7.24. The molecule has 2 rings (SSSR count). The molecule has 0 unspecified atom stereocenters. The molecule has 132 valence electrons. The van der Waals surface area contributed by atoms with E-state index in [-0.39, 0.29) is 23.6 Å². The summed E-state index contributed by atoms with van der Waals surface area (Å²) in [5.41, 5.74) is 2.49. The standard InChI is InChI=1S/C20H18N2O4/c1-4-5-19(14(2)12-23)26-13-18-16(15-8-10-21-11-9-15)6-7-17(22-18)20(24)25-3/h4-12H,1-2,13H2,3H3/b19-5+. The van der Waals surface area contributed by atoms with Gasteiger partial charge in [0.25, 0.3) is 0 Å². The number of rotatable bonds is 8. The predicted octanol–water partition coefficient (Wildman–Crippen LogP) is 3.27. The van der Waals surface area contributed by atoms with Gasteiger partial charge in [-0.2, -0.15) is 0 Å². The molecule has 0 aliphatic rings. The van der Waals surface area contributed by atoms with Crippen molar-refractivity contribution in [3.8, 4) is 11.1 Å². The van der Waals surface area contributed by atoms with Crippen LogP contribution in [0.15, 0.2) is 73.3 Å². The van der Waals surface area contributed by atoms with E-state index in [9.17, 15) is 9.59 Å². The van der Waals surface area contributed by atoms with E-state index >= 15 is 0 Å². The maximum absolute atomic E-state index is 11.8. The minimum atomic E-state index is -0.549. The van der Waals surface area contributed by atoms with E-state index in [1.165, 1.54) is 19.3 Å². The Balaban J connectivity index is 2.41. The summed E-state index contributed by atoms with van der Waals surface area (Å²) in [5.74, 6) is -0.271. The van der Waals surface area contributed by atoms with Gasteiger partial charge in [0.1, 0.15) is 18.1 Å². The number of carbonyl (C=O) groups excluding carboxylic acids is 2. The maximum atomic E-state index is 11.8. The van der Waals surface area contributed by atoms with E-state index in [2.05, 4.69) is 23.1 Å². The minimum Gasteiger partial charge on any atom is -0.487 e. The molecule has 0 aromatic carbocycles. The van der Waals surface area contributed by atoms with Gasteiger partial charge < -0.3 is 9.47 Å². The number of allylic oxidation sites excluding steroid dienone is 3. The highest BCUT2D eigenvalue weighted by Gasteiger charge is 2.14. The lowest BCUT2D eigenvalue weighted by molar-refractivity contribution is -0.105. The first kappa shape index (κ1) is 18.8. The van der Waals surface area contributed by atoms with E-state index in [1.807, 2.05) is 12.1 Å². The SMILES string of the molecule is C=C/C=C(/OCc1nc(C(=O)OC)ccc1-c1ccncc1)C(=C)C=O. The summed E-state index contributed by atoms with van der Waals surface area (Å²) in [7, 11) is 1.29. The molecule has 0 N–H and O–H groups in total. The second kappa shape index (κ2) is 9.08. The molecule has 0 atom stereocenters. The van der Waals surface area contributed by atoms with Crippen molar-refractivity contribution in [2.45, 2.75) is 6.61 Å². The van der Waals surface area contributed by atoms with Gasteiger partial charge in [-0.1, -0.05) is 19.2 Å². The molecule has 26 heavy (non-hydrogen) atoms. The second-order valence-corrected chi connectivity index (χ2v) is 5.12. The average molecular weight is 350 g/mol. The van der Waals surface area contributed by atoms with Crippen LogP contribution in [0.2, 0.25) is 0 Å². The Morgan fingerprint density at radius 2 is 1.96 bits per heavy atom. The van der Waals surface area contributed by atoms with Crippen LogP contribution in [0.1, 0.15) is 16.2 Å². The van der Waals surface area contributed by atoms with Gasteiger partial charge in [-0.3, -0.25) is 9.78 Å². The van der Waals surface area contributed by atoms with Gasteiger partial charge in [0.2, 0.25) is 0 Å². The number of nitrogens with zero attached hydrogens (tertiary/aromatic N) is 2. The molecule has 6 heteroatoms. The molecule has 0 spiro atoms. The summed E-state index contributed by atoms with van der Waals surface area (Å²) in [6, 6.07) is 6.99. The van der Waals surface area contributed by atoms with Gasteiger partial charge in [0.05, 0.1) is 12.8 Å². The van der Waals surface area contributed by atoms with Crippen molar-refractivity contribution in [2.24, 2.45) is 0 Å². The number of aromatic nitrogens is 2. The van der Waals surface area contributed by atoms with Gasteiger partial charge in [-0.15, -0.1) is 0 Å². The molecular formula is C20H18N2O4. The lowest BCUT2D eigenvalue weighted by atomic mass is 10.0. The fourth-order valence-electron chi connectivity index (χ4n) is 2.18. The van der Waals surface area contributed by atoms with E-state index in [4.69, 9.17) is 9.47 Å². The van der Waals surface area contributed by atoms with Crippen molar-refractivity contribution in [2.75, 3.05) is 7.11 Å². The molecule has 0 aliphatic heterocycles. The molecule has 0 saturated heterocycles. The molecule has 2 aromatic rings. The van der Waals surface area contributed by atoms with Gasteiger partial charge >= 0.3 is 5.97 Å². The fraction of sp³-hybridized carbons (Fsp3) is 0.100. The fourth-order valence-corrected chi connectivity index (χ4v) is 2.18. The highest BCUT2D eigenvalue weighted by Crippen LogP contribution is 2.24. The first-order valence-electron chi connectivity index (χ1n) is 7.69. The average Bonchev–Trinajstić information content (AvgIpc) is 2.70. The third-order valence-corrected chi connectivity index (χ3v) is 3.45. The minimum absolute atomic E-state index is 0.0228. The molecule has 0 bridgehead atoms. The third kappa shape index (κ3) is 4.51. The largest absolute Gasteiger partial charge is 0.487 e. The molecule has 6 nitrogen and oxygen atoms in total. The quantitative estimate of drug-likeness (QED) is 0.239. The lowest BCUT2D eigenvalue weighted by Crippen LogP contribution is -2.08. The van der Waals surface area contributed by atoms with Crippen molar-refractivity contribution < 1.29 is 19.1 Å². The van der Waals surface area contributed by atoms with Crippen LogP contribution in [0.3, 0.4) is 0 Å². The number of methoxy groups -OCH3 is 1. The summed E-state index contributed by atoms with van der Waals surface area (Å²) in [6.07, 6.45) is 6.94. The maximum Gasteiger partial charge on any atom is 0.356 e. The number of hydrogen-bond donors (Lipinski definition) is 0. The molecule has 2 heterocycles. The normalized spacial score (nSPS) is 10.7. The Bertz CT molecular complexity index is 857. The van der Waals surface area contributed by atoms with E-state index < -0.39 is 5.97 Å². The predicted molar refractivity (Wildman–Crippen MR) is 97.1 cm³/mol. The zero-order chi connectivity index (χ0) is 18.9. The molecular weight excluding hydrogens is 332 g/mol. The number of esters is 1. The summed E-state index contributed by atoms with van der Waals surface area (Å²) >= 11 is 0. The Morgan fingerprint density at radius 1 is 1.23 bits per heavy atom. The van der Waals surface area contributed by atoms with Crippen LogP contribution in [0.4, 0.5) is 0 Å². The van der Waals surface area contributed by atoms with Gasteiger partial charge in [-0.25, -0.2) is 9.78 Å². The Hall–Kier alpha value is -3.54. The van der Waals surface area contributed by atoms with Crippen LogP contribution in [0.5, 0.6) is 0 Å². The highest BCUT2D eigenvalue weighted by molar-refractivity contribution is 5.88.